The summed E-state index contributed by atoms with van der Waals surface area (Å²) >= 11 is 0. The predicted molar refractivity (Wildman–Crippen MR) is 45.3 cm³/mol. The van der Waals surface area contributed by atoms with Gasteiger partial charge in [-0.25, -0.2) is 4.39 Å². The quantitative estimate of drug-likeness (QED) is 0.798. The van der Waals surface area contributed by atoms with Crippen LogP contribution < -0.4 is 5.73 Å². The summed E-state index contributed by atoms with van der Waals surface area (Å²) in [6, 6.07) is 4.07. The van der Waals surface area contributed by atoms with Crippen LogP contribution in [0.15, 0.2) is 24.3 Å². The Morgan fingerprint density at radius 1 is 1.33 bits per heavy atom. The Morgan fingerprint density at radius 2 is 2.00 bits per heavy atom. The van der Waals surface area contributed by atoms with Crippen LogP contribution in [-0.4, -0.2) is 13.0 Å². The van der Waals surface area contributed by atoms with Crippen LogP contribution in [0.3, 0.4) is 0 Å². The van der Waals surface area contributed by atoms with Crippen molar-refractivity contribution in [2.45, 2.75) is 12.4 Å². The second-order valence-corrected chi connectivity index (χ2v) is 2.92. The predicted octanol–water partition coefficient (Wildman–Crippen LogP) is 2.36. The molecule has 6 heteroatoms. The zero-order valence-electron chi connectivity index (χ0n) is 7.59. The summed E-state index contributed by atoms with van der Waals surface area (Å²) in [6.07, 6.45) is -4.72. The maximum atomic E-state index is 12.7. The van der Waals surface area contributed by atoms with E-state index >= 15 is 0 Å². The molecule has 0 unspecified atom stereocenters. The van der Waals surface area contributed by atoms with E-state index in [1.807, 2.05) is 0 Å². The molecular weight excluding hydrogens is 214 g/mol. The highest BCUT2D eigenvalue weighted by Crippen LogP contribution is 2.19. The molecule has 2 N–H and O–H groups in total. The van der Waals surface area contributed by atoms with E-state index < -0.39 is 24.8 Å². The first-order valence-electron chi connectivity index (χ1n) is 4.10. The van der Waals surface area contributed by atoms with Gasteiger partial charge < -0.3 is 5.73 Å². The van der Waals surface area contributed by atoms with Gasteiger partial charge in [-0.05, 0) is 17.7 Å². The highest BCUT2D eigenvalue weighted by Gasteiger charge is 2.30. The first kappa shape index (κ1) is 11.9. The minimum absolute atomic E-state index is 0.263. The van der Waals surface area contributed by atoms with E-state index in [9.17, 15) is 17.6 Å². The van der Waals surface area contributed by atoms with E-state index in [0.29, 0.717) is 0 Å². The molecule has 0 bridgehead atoms. The fourth-order valence-corrected chi connectivity index (χ4v) is 1.02. The highest BCUT2D eigenvalue weighted by molar-refractivity contribution is 5.19. The molecule has 1 aromatic carbocycles. The number of nitrogens with two attached hydrogens (primary N) is 1. The molecule has 15 heavy (non-hydrogen) atoms. The van der Waals surface area contributed by atoms with Crippen LogP contribution in [0.1, 0.15) is 11.6 Å². The molecule has 0 aromatic heterocycles. The van der Waals surface area contributed by atoms with Gasteiger partial charge in [0.15, 0.2) is 0 Å². The average molecular weight is 223 g/mol. The number of hydrogen-bond acceptors (Lipinski definition) is 2. The number of benzene rings is 1. The minimum Gasteiger partial charge on any atom is -0.322 e. The highest BCUT2D eigenvalue weighted by atomic mass is 19.4. The lowest BCUT2D eigenvalue weighted by Gasteiger charge is -2.13. The Hall–Kier alpha value is -1.14. The molecule has 0 aliphatic carbocycles. The Morgan fingerprint density at radius 3 is 2.53 bits per heavy atom. The first-order valence-corrected chi connectivity index (χ1v) is 4.10. The van der Waals surface area contributed by atoms with Crippen LogP contribution >= 0.6 is 0 Å². The van der Waals surface area contributed by atoms with Gasteiger partial charge in [-0.3, -0.25) is 4.74 Å². The molecule has 0 aliphatic rings. The molecule has 0 radical (unpaired) electrons. The van der Waals surface area contributed by atoms with E-state index in [4.69, 9.17) is 5.73 Å². The molecule has 0 saturated carbocycles. The van der Waals surface area contributed by atoms with Crippen molar-refractivity contribution in [1.82, 2.24) is 0 Å². The van der Waals surface area contributed by atoms with Crippen molar-refractivity contribution in [3.8, 4) is 0 Å². The molecule has 0 fully saturated rings. The minimum atomic E-state index is -4.72. The maximum Gasteiger partial charge on any atom is 0.522 e. The Labute approximate surface area is 83.6 Å². The van der Waals surface area contributed by atoms with Gasteiger partial charge in [-0.1, -0.05) is 12.1 Å². The van der Waals surface area contributed by atoms with E-state index in [0.717, 1.165) is 6.07 Å². The maximum absolute atomic E-state index is 12.7. The third kappa shape index (κ3) is 4.26. The van der Waals surface area contributed by atoms with Crippen LogP contribution in [0.4, 0.5) is 17.6 Å². The van der Waals surface area contributed by atoms with Crippen LogP contribution in [0, 0.1) is 5.82 Å². The first-order chi connectivity index (χ1) is 6.88. The lowest BCUT2D eigenvalue weighted by molar-refractivity contribution is -0.326. The molecule has 0 saturated heterocycles. The monoisotopic (exact) mass is 223 g/mol. The SMILES string of the molecule is N[C@@H](COC(F)(F)F)c1cccc(F)c1. The summed E-state index contributed by atoms with van der Waals surface area (Å²) in [4.78, 5) is 0. The lowest BCUT2D eigenvalue weighted by Crippen LogP contribution is -2.23. The van der Waals surface area contributed by atoms with Gasteiger partial charge in [-0.15, -0.1) is 13.2 Å². The number of alkyl halides is 3. The van der Waals surface area contributed by atoms with Crippen molar-refractivity contribution in [3.05, 3.63) is 35.6 Å². The van der Waals surface area contributed by atoms with Gasteiger partial charge in [-0.2, -0.15) is 0 Å². The molecule has 2 nitrogen and oxygen atoms in total. The van der Waals surface area contributed by atoms with E-state index in [1.54, 1.807) is 0 Å². The second kappa shape index (κ2) is 4.59. The fraction of sp³-hybridized carbons (Fsp3) is 0.333. The number of halogens is 4. The van der Waals surface area contributed by atoms with Gasteiger partial charge in [0.2, 0.25) is 0 Å². The number of hydrogen-bond donors (Lipinski definition) is 1. The molecule has 0 spiro atoms. The average Bonchev–Trinajstić information content (AvgIpc) is 2.13. The van der Waals surface area contributed by atoms with Crippen molar-refractivity contribution in [2.75, 3.05) is 6.61 Å². The van der Waals surface area contributed by atoms with Crippen LogP contribution in [0.2, 0.25) is 0 Å². The summed E-state index contributed by atoms with van der Waals surface area (Å²) < 4.78 is 51.2. The Balaban J connectivity index is 2.58. The third-order valence-corrected chi connectivity index (χ3v) is 1.70. The van der Waals surface area contributed by atoms with Crippen molar-refractivity contribution in [1.29, 1.82) is 0 Å². The second-order valence-electron chi connectivity index (χ2n) is 2.92. The summed E-state index contributed by atoms with van der Waals surface area (Å²) in [5.41, 5.74) is 5.64. The van der Waals surface area contributed by atoms with E-state index in [2.05, 4.69) is 4.74 Å². The summed E-state index contributed by atoms with van der Waals surface area (Å²) in [5.74, 6) is -0.546. The molecule has 0 aliphatic heterocycles. The molecule has 0 heterocycles. The molecule has 1 aromatic rings. The van der Waals surface area contributed by atoms with Crippen molar-refractivity contribution >= 4 is 0 Å². The normalized spacial score (nSPS) is 13.9. The molecule has 84 valence electrons. The Bertz CT molecular complexity index is 326. The van der Waals surface area contributed by atoms with Crippen LogP contribution in [0.25, 0.3) is 0 Å². The lowest BCUT2D eigenvalue weighted by atomic mass is 10.1. The largest absolute Gasteiger partial charge is 0.522 e. The van der Waals surface area contributed by atoms with Crippen molar-refractivity contribution in [3.63, 3.8) is 0 Å². The van der Waals surface area contributed by atoms with Gasteiger partial charge in [0.05, 0.1) is 12.6 Å². The van der Waals surface area contributed by atoms with Gasteiger partial charge in [0.1, 0.15) is 5.82 Å². The van der Waals surface area contributed by atoms with E-state index in [-0.39, 0.29) is 5.56 Å². The van der Waals surface area contributed by atoms with Gasteiger partial charge >= 0.3 is 6.36 Å². The summed E-state index contributed by atoms with van der Waals surface area (Å²) in [6.45, 7) is -0.729. The molecule has 0 amide bonds. The molecule has 1 atom stereocenters. The standard InChI is InChI=1S/C9H9F4NO/c10-7-3-1-2-6(4-7)8(14)5-15-9(11,12)13/h1-4,8H,5,14H2/t8-/m0/s1. The summed E-state index contributed by atoms with van der Waals surface area (Å²) in [7, 11) is 0. The van der Waals surface area contributed by atoms with Crippen LogP contribution in [0.5, 0.6) is 0 Å². The van der Waals surface area contributed by atoms with Crippen LogP contribution in [-0.2, 0) is 4.74 Å². The van der Waals surface area contributed by atoms with Crippen molar-refractivity contribution < 1.29 is 22.3 Å². The third-order valence-electron chi connectivity index (χ3n) is 1.70. The zero-order valence-corrected chi connectivity index (χ0v) is 7.59. The summed E-state index contributed by atoms with van der Waals surface area (Å²) in [5, 5.41) is 0. The molecule has 1 rings (SSSR count). The van der Waals surface area contributed by atoms with E-state index in [1.165, 1.54) is 18.2 Å². The molecular formula is C9H9F4NO. The smallest absolute Gasteiger partial charge is 0.322 e. The number of rotatable bonds is 3. The topological polar surface area (TPSA) is 35.2 Å². The number of ether oxygens (including phenoxy) is 1. The zero-order chi connectivity index (χ0) is 11.5. The van der Waals surface area contributed by atoms with Gasteiger partial charge in [0, 0.05) is 0 Å². The van der Waals surface area contributed by atoms with Gasteiger partial charge in [0.25, 0.3) is 0 Å². The fourth-order valence-electron chi connectivity index (χ4n) is 1.02. The van der Waals surface area contributed by atoms with Crippen molar-refractivity contribution in [2.24, 2.45) is 5.73 Å². The Kier molecular flexibility index (Phi) is 3.65.